The quantitative estimate of drug-likeness (QED) is 0.838. The topological polar surface area (TPSA) is 24.9 Å². The van der Waals surface area contributed by atoms with E-state index in [4.69, 9.17) is 11.6 Å². The van der Waals surface area contributed by atoms with Gasteiger partial charge >= 0.3 is 0 Å². The lowest BCUT2D eigenvalue weighted by Gasteiger charge is -2.06. The Kier molecular flexibility index (Phi) is 2.70. The number of hydrogen-bond acceptors (Lipinski definition) is 3. The standard InChI is InChI=1S/C10H9ClN2S/c1-7-2-3-8(11)6-9(7)13-10-12-4-5-14-10/h2-6H,1H3,(H,12,13). The second-order valence-electron chi connectivity index (χ2n) is 2.92. The maximum Gasteiger partial charge on any atom is 0.187 e. The molecular formula is C10H9ClN2S. The van der Waals surface area contributed by atoms with E-state index in [0.29, 0.717) is 0 Å². The maximum absolute atomic E-state index is 5.90. The lowest BCUT2D eigenvalue weighted by Crippen LogP contribution is -1.91. The molecule has 0 radical (unpaired) electrons. The largest absolute Gasteiger partial charge is 0.331 e. The summed E-state index contributed by atoms with van der Waals surface area (Å²) in [6.45, 7) is 2.03. The van der Waals surface area contributed by atoms with Crippen molar-refractivity contribution in [2.45, 2.75) is 6.92 Å². The van der Waals surface area contributed by atoms with Crippen LogP contribution in [0, 0.1) is 6.92 Å². The van der Waals surface area contributed by atoms with E-state index in [1.165, 1.54) is 0 Å². The second-order valence-corrected chi connectivity index (χ2v) is 4.25. The molecule has 1 N–H and O–H groups in total. The Morgan fingerprint density at radius 1 is 1.43 bits per heavy atom. The monoisotopic (exact) mass is 224 g/mol. The minimum Gasteiger partial charge on any atom is -0.331 e. The molecule has 0 bridgehead atoms. The van der Waals surface area contributed by atoms with Crippen molar-refractivity contribution in [2.75, 3.05) is 5.32 Å². The fourth-order valence-electron chi connectivity index (χ4n) is 1.13. The number of halogens is 1. The van der Waals surface area contributed by atoms with Crippen LogP contribution in [0.1, 0.15) is 5.56 Å². The van der Waals surface area contributed by atoms with Gasteiger partial charge in [0.25, 0.3) is 0 Å². The molecule has 1 heterocycles. The molecule has 0 saturated carbocycles. The van der Waals surface area contributed by atoms with Crippen LogP contribution in [0.4, 0.5) is 10.8 Å². The molecule has 4 heteroatoms. The summed E-state index contributed by atoms with van der Waals surface area (Å²) in [7, 11) is 0. The van der Waals surface area contributed by atoms with Gasteiger partial charge in [0.15, 0.2) is 5.13 Å². The van der Waals surface area contributed by atoms with Gasteiger partial charge in [0.2, 0.25) is 0 Å². The molecule has 2 nitrogen and oxygen atoms in total. The summed E-state index contributed by atoms with van der Waals surface area (Å²) in [5.41, 5.74) is 2.16. The molecule has 0 aliphatic heterocycles. The maximum atomic E-state index is 5.90. The van der Waals surface area contributed by atoms with Crippen LogP contribution in [0.3, 0.4) is 0 Å². The molecule has 0 atom stereocenters. The first-order chi connectivity index (χ1) is 6.75. The van der Waals surface area contributed by atoms with E-state index in [9.17, 15) is 0 Å². The minimum absolute atomic E-state index is 0.731. The molecule has 0 aliphatic rings. The zero-order valence-electron chi connectivity index (χ0n) is 7.62. The summed E-state index contributed by atoms with van der Waals surface area (Å²) in [6.07, 6.45) is 1.77. The lowest BCUT2D eigenvalue weighted by atomic mass is 10.2. The summed E-state index contributed by atoms with van der Waals surface area (Å²) in [4.78, 5) is 4.15. The van der Waals surface area contributed by atoms with Crippen molar-refractivity contribution in [1.29, 1.82) is 0 Å². The lowest BCUT2D eigenvalue weighted by molar-refractivity contribution is 1.37. The molecule has 0 aliphatic carbocycles. The average molecular weight is 225 g/mol. The number of thiazole rings is 1. The summed E-state index contributed by atoms with van der Waals surface area (Å²) >= 11 is 7.47. The Hall–Kier alpha value is -1.06. The Balaban J connectivity index is 2.28. The molecule has 0 unspecified atom stereocenters. The van der Waals surface area contributed by atoms with E-state index in [1.807, 2.05) is 30.5 Å². The van der Waals surface area contributed by atoms with E-state index in [1.54, 1.807) is 17.5 Å². The van der Waals surface area contributed by atoms with E-state index >= 15 is 0 Å². The highest BCUT2D eigenvalue weighted by Crippen LogP contribution is 2.24. The van der Waals surface area contributed by atoms with Crippen molar-refractivity contribution in [2.24, 2.45) is 0 Å². The Bertz CT molecular complexity index is 426. The van der Waals surface area contributed by atoms with Gasteiger partial charge in [0.05, 0.1) is 0 Å². The van der Waals surface area contributed by atoms with E-state index in [-0.39, 0.29) is 0 Å². The van der Waals surface area contributed by atoms with Crippen molar-refractivity contribution in [1.82, 2.24) is 4.98 Å². The summed E-state index contributed by atoms with van der Waals surface area (Å²) in [6, 6.07) is 5.76. The zero-order chi connectivity index (χ0) is 9.97. The Morgan fingerprint density at radius 2 is 2.29 bits per heavy atom. The molecular weight excluding hydrogens is 216 g/mol. The highest BCUT2D eigenvalue weighted by atomic mass is 35.5. The predicted octanol–water partition coefficient (Wildman–Crippen LogP) is 3.85. The molecule has 0 amide bonds. The first kappa shape index (κ1) is 9.49. The first-order valence-corrected chi connectivity index (χ1v) is 5.44. The van der Waals surface area contributed by atoms with Crippen molar-refractivity contribution < 1.29 is 0 Å². The average Bonchev–Trinajstić information content (AvgIpc) is 2.64. The third-order valence-corrected chi connectivity index (χ3v) is 2.80. The van der Waals surface area contributed by atoms with Gasteiger partial charge in [-0.3, -0.25) is 0 Å². The molecule has 1 aromatic carbocycles. The smallest absolute Gasteiger partial charge is 0.187 e. The normalized spacial score (nSPS) is 10.1. The molecule has 72 valence electrons. The van der Waals surface area contributed by atoms with Gasteiger partial charge in [-0.05, 0) is 24.6 Å². The number of nitrogens with zero attached hydrogens (tertiary/aromatic N) is 1. The molecule has 2 aromatic rings. The second kappa shape index (κ2) is 3.98. The Morgan fingerprint density at radius 3 is 3.00 bits per heavy atom. The minimum atomic E-state index is 0.731. The van der Waals surface area contributed by atoms with E-state index in [2.05, 4.69) is 10.3 Å². The molecule has 0 spiro atoms. The van der Waals surface area contributed by atoms with Gasteiger partial charge in [-0.25, -0.2) is 4.98 Å². The van der Waals surface area contributed by atoms with Crippen LogP contribution in [0.2, 0.25) is 5.02 Å². The van der Waals surface area contributed by atoms with Crippen LogP contribution in [-0.4, -0.2) is 4.98 Å². The van der Waals surface area contributed by atoms with Gasteiger partial charge in [-0.2, -0.15) is 0 Å². The number of anilines is 2. The molecule has 14 heavy (non-hydrogen) atoms. The van der Waals surface area contributed by atoms with E-state index in [0.717, 1.165) is 21.4 Å². The van der Waals surface area contributed by atoms with Gasteiger partial charge in [-0.1, -0.05) is 17.7 Å². The molecule has 2 rings (SSSR count). The molecule has 1 aromatic heterocycles. The van der Waals surface area contributed by atoms with Crippen LogP contribution < -0.4 is 5.32 Å². The molecule has 0 saturated heterocycles. The van der Waals surface area contributed by atoms with Gasteiger partial charge < -0.3 is 5.32 Å². The van der Waals surface area contributed by atoms with Crippen LogP contribution in [0.15, 0.2) is 29.8 Å². The van der Waals surface area contributed by atoms with Gasteiger partial charge in [-0.15, -0.1) is 11.3 Å². The van der Waals surface area contributed by atoms with Crippen LogP contribution >= 0.6 is 22.9 Å². The third-order valence-electron chi connectivity index (χ3n) is 1.87. The number of benzene rings is 1. The SMILES string of the molecule is Cc1ccc(Cl)cc1Nc1nccs1. The van der Waals surface area contributed by atoms with Crippen molar-refractivity contribution in [3.8, 4) is 0 Å². The fourth-order valence-corrected chi connectivity index (χ4v) is 1.84. The number of rotatable bonds is 2. The number of aromatic nitrogens is 1. The van der Waals surface area contributed by atoms with Crippen LogP contribution in [0.25, 0.3) is 0 Å². The van der Waals surface area contributed by atoms with Crippen molar-refractivity contribution in [3.05, 3.63) is 40.4 Å². The summed E-state index contributed by atoms with van der Waals surface area (Å²) in [5.74, 6) is 0. The zero-order valence-corrected chi connectivity index (χ0v) is 9.19. The number of hydrogen-bond donors (Lipinski definition) is 1. The predicted molar refractivity (Wildman–Crippen MR) is 61.6 cm³/mol. The third kappa shape index (κ3) is 2.05. The van der Waals surface area contributed by atoms with Gasteiger partial charge in [0, 0.05) is 22.3 Å². The highest BCUT2D eigenvalue weighted by molar-refractivity contribution is 7.13. The first-order valence-electron chi connectivity index (χ1n) is 4.18. The Labute approximate surface area is 91.6 Å². The van der Waals surface area contributed by atoms with Crippen molar-refractivity contribution in [3.63, 3.8) is 0 Å². The van der Waals surface area contributed by atoms with Crippen molar-refractivity contribution >= 4 is 33.8 Å². The number of nitrogens with one attached hydrogen (secondary N) is 1. The number of aryl methyl sites for hydroxylation is 1. The van der Waals surface area contributed by atoms with E-state index < -0.39 is 0 Å². The fraction of sp³-hybridized carbons (Fsp3) is 0.100. The van der Waals surface area contributed by atoms with Crippen LogP contribution in [-0.2, 0) is 0 Å². The molecule has 0 fully saturated rings. The highest BCUT2D eigenvalue weighted by Gasteiger charge is 2.00. The summed E-state index contributed by atoms with van der Waals surface area (Å²) in [5, 5.41) is 6.76. The van der Waals surface area contributed by atoms with Crippen LogP contribution in [0.5, 0.6) is 0 Å². The summed E-state index contributed by atoms with van der Waals surface area (Å²) < 4.78 is 0. The van der Waals surface area contributed by atoms with Gasteiger partial charge in [0.1, 0.15) is 0 Å².